The van der Waals surface area contributed by atoms with Crippen molar-refractivity contribution >= 4 is 11.3 Å². The molecule has 108 valence electrons. The van der Waals surface area contributed by atoms with Crippen molar-refractivity contribution in [3.05, 3.63) is 64.1 Å². The number of aromatic nitrogens is 2. The summed E-state index contributed by atoms with van der Waals surface area (Å²) in [4.78, 5) is 1.36. The third-order valence-corrected chi connectivity index (χ3v) is 4.43. The minimum absolute atomic E-state index is 0.859. The van der Waals surface area contributed by atoms with E-state index in [0.717, 1.165) is 18.8 Å². The minimum atomic E-state index is 0.859. The van der Waals surface area contributed by atoms with Crippen LogP contribution in [0.2, 0.25) is 0 Å². The Morgan fingerprint density at radius 1 is 1.14 bits per heavy atom. The highest BCUT2D eigenvalue weighted by molar-refractivity contribution is 7.10. The topological polar surface area (TPSA) is 29.9 Å². The predicted octanol–water partition coefficient (Wildman–Crippen LogP) is 3.75. The van der Waals surface area contributed by atoms with Crippen molar-refractivity contribution < 1.29 is 0 Å². The van der Waals surface area contributed by atoms with Crippen LogP contribution in [0.4, 0.5) is 0 Å². The zero-order valence-electron chi connectivity index (χ0n) is 12.3. The lowest BCUT2D eigenvalue weighted by atomic mass is 10.1. The molecule has 3 rings (SSSR count). The molecule has 0 aliphatic carbocycles. The number of thiophene rings is 1. The van der Waals surface area contributed by atoms with Crippen LogP contribution in [-0.4, -0.2) is 9.78 Å². The normalized spacial score (nSPS) is 11.0. The summed E-state index contributed by atoms with van der Waals surface area (Å²) in [6.45, 7) is 3.81. The van der Waals surface area contributed by atoms with E-state index >= 15 is 0 Å². The molecule has 0 radical (unpaired) electrons. The first-order valence-corrected chi connectivity index (χ1v) is 7.93. The van der Waals surface area contributed by atoms with E-state index in [2.05, 4.69) is 65.3 Å². The second-order valence-electron chi connectivity index (χ2n) is 5.18. The molecule has 0 spiro atoms. The van der Waals surface area contributed by atoms with E-state index in [9.17, 15) is 0 Å². The van der Waals surface area contributed by atoms with Crippen molar-refractivity contribution in [3.63, 3.8) is 0 Å². The fourth-order valence-electron chi connectivity index (χ4n) is 2.40. The molecule has 3 nitrogen and oxygen atoms in total. The first-order chi connectivity index (χ1) is 10.2. The third kappa shape index (κ3) is 3.40. The molecule has 2 aromatic heterocycles. The van der Waals surface area contributed by atoms with Crippen molar-refractivity contribution in [3.8, 4) is 11.1 Å². The van der Waals surface area contributed by atoms with Gasteiger partial charge < -0.3 is 5.32 Å². The van der Waals surface area contributed by atoms with Crippen molar-refractivity contribution in [2.45, 2.75) is 20.0 Å². The maximum absolute atomic E-state index is 4.36. The second-order valence-corrected chi connectivity index (χ2v) is 6.18. The van der Waals surface area contributed by atoms with Gasteiger partial charge in [-0.25, -0.2) is 0 Å². The van der Waals surface area contributed by atoms with Crippen LogP contribution in [0, 0.1) is 6.92 Å². The van der Waals surface area contributed by atoms with Crippen molar-refractivity contribution in [2.24, 2.45) is 7.05 Å². The first kappa shape index (κ1) is 14.0. The second kappa shape index (κ2) is 6.24. The van der Waals surface area contributed by atoms with Crippen LogP contribution < -0.4 is 5.32 Å². The Morgan fingerprint density at radius 2 is 1.95 bits per heavy atom. The van der Waals surface area contributed by atoms with Crippen molar-refractivity contribution in [2.75, 3.05) is 0 Å². The number of nitrogens with one attached hydrogen (secondary N) is 1. The average Bonchev–Trinajstić information content (AvgIpc) is 3.07. The summed E-state index contributed by atoms with van der Waals surface area (Å²) in [5.41, 5.74) is 4.94. The van der Waals surface area contributed by atoms with Crippen LogP contribution >= 0.6 is 11.3 Å². The molecule has 1 aromatic carbocycles. The quantitative estimate of drug-likeness (QED) is 0.777. The van der Waals surface area contributed by atoms with Gasteiger partial charge in [0.05, 0.1) is 5.69 Å². The number of hydrogen-bond donors (Lipinski definition) is 1. The monoisotopic (exact) mass is 297 g/mol. The molecule has 0 saturated heterocycles. The third-order valence-electron chi connectivity index (χ3n) is 3.49. The fourth-order valence-corrected chi connectivity index (χ4v) is 3.26. The van der Waals surface area contributed by atoms with E-state index in [1.165, 1.54) is 21.6 Å². The number of hydrogen-bond acceptors (Lipinski definition) is 3. The van der Waals surface area contributed by atoms with Crippen LogP contribution in [0.1, 0.15) is 16.1 Å². The molecule has 0 bridgehead atoms. The smallest absolute Gasteiger partial charge is 0.0638 e. The van der Waals surface area contributed by atoms with Crippen molar-refractivity contribution in [1.29, 1.82) is 0 Å². The summed E-state index contributed by atoms with van der Waals surface area (Å²) in [5.74, 6) is 0. The summed E-state index contributed by atoms with van der Waals surface area (Å²) in [7, 11) is 1.96. The molecular weight excluding hydrogens is 278 g/mol. The van der Waals surface area contributed by atoms with Gasteiger partial charge >= 0.3 is 0 Å². The summed E-state index contributed by atoms with van der Waals surface area (Å²) in [6, 6.07) is 12.8. The van der Waals surface area contributed by atoms with Gasteiger partial charge in [0.1, 0.15) is 0 Å². The number of aryl methyl sites for hydroxylation is 2. The highest BCUT2D eigenvalue weighted by atomic mass is 32.1. The van der Waals surface area contributed by atoms with E-state index in [-0.39, 0.29) is 0 Å². The summed E-state index contributed by atoms with van der Waals surface area (Å²) < 4.78 is 1.87. The highest BCUT2D eigenvalue weighted by Crippen LogP contribution is 2.25. The highest BCUT2D eigenvalue weighted by Gasteiger charge is 2.04. The number of rotatable bonds is 5. The van der Waals surface area contributed by atoms with Gasteiger partial charge in [0.25, 0.3) is 0 Å². The van der Waals surface area contributed by atoms with Crippen LogP contribution in [0.15, 0.2) is 48.0 Å². The molecule has 3 aromatic rings. The molecular formula is C17H19N3S. The molecule has 0 amide bonds. The number of benzene rings is 1. The van der Waals surface area contributed by atoms with Gasteiger partial charge in [-0.05, 0) is 29.5 Å². The lowest BCUT2D eigenvalue weighted by Gasteiger charge is -2.01. The SMILES string of the molecule is Cc1nn(C)cc1CNCc1cc(-c2ccccc2)cs1. The Labute approximate surface area is 129 Å². The molecule has 0 aliphatic rings. The fraction of sp³-hybridized carbons (Fsp3) is 0.235. The van der Waals surface area contributed by atoms with E-state index in [1.54, 1.807) is 11.3 Å². The molecule has 0 aliphatic heterocycles. The lowest BCUT2D eigenvalue weighted by molar-refractivity contribution is 0.697. The van der Waals surface area contributed by atoms with Crippen molar-refractivity contribution in [1.82, 2.24) is 15.1 Å². The van der Waals surface area contributed by atoms with Crippen LogP contribution in [0.25, 0.3) is 11.1 Å². The zero-order valence-corrected chi connectivity index (χ0v) is 13.2. The molecule has 0 unspecified atom stereocenters. The average molecular weight is 297 g/mol. The maximum atomic E-state index is 4.36. The molecule has 1 N–H and O–H groups in total. The van der Waals surface area contributed by atoms with Crippen LogP contribution in [0.3, 0.4) is 0 Å². The Kier molecular flexibility index (Phi) is 4.18. The van der Waals surface area contributed by atoms with E-state index in [0.29, 0.717) is 0 Å². The van der Waals surface area contributed by atoms with Gasteiger partial charge in [0, 0.05) is 36.8 Å². The molecule has 0 saturated carbocycles. The van der Waals surface area contributed by atoms with E-state index in [4.69, 9.17) is 0 Å². The molecule has 2 heterocycles. The largest absolute Gasteiger partial charge is 0.308 e. The van der Waals surface area contributed by atoms with Gasteiger partial charge in [0.15, 0.2) is 0 Å². The maximum Gasteiger partial charge on any atom is 0.0638 e. The predicted molar refractivity (Wildman–Crippen MR) is 88.2 cm³/mol. The standard InChI is InChI=1S/C17H19N3S/c1-13-16(11-20(2)19-13)9-18-10-17-8-15(12-21-17)14-6-4-3-5-7-14/h3-8,11-12,18H,9-10H2,1-2H3. The summed E-state index contributed by atoms with van der Waals surface area (Å²) in [5, 5.41) is 10.1. The van der Waals surface area contributed by atoms with E-state index in [1.807, 2.05) is 11.7 Å². The van der Waals surface area contributed by atoms with Crippen LogP contribution in [-0.2, 0) is 20.1 Å². The molecule has 0 fully saturated rings. The summed E-state index contributed by atoms with van der Waals surface area (Å²) >= 11 is 1.81. The van der Waals surface area contributed by atoms with E-state index < -0.39 is 0 Å². The van der Waals surface area contributed by atoms with Gasteiger partial charge in [0.2, 0.25) is 0 Å². The van der Waals surface area contributed by atoms with Gasteiger partial charge in [-0.15, -0.1) is 11.3 Å². The zero-order chi connectivity index (χ0) is 14.7. The van der Waals surface area contributed by atoms with Gasteiger partial charge in [-0.3, -0.25) is 4.68 Å². The van der Waals surface area contributed by atoms with Crippen LogP contribution in [0.5, 0.6) is 0 Å². The molecule has 21 heavy (non-hydrogen) atoms. The Morgan fingerprint density at radius 3 is 2.67 bits per heavy atom. The summed E-state index contributed by atoms with van der Waals surface area (Å²) in [6.07, 6.45) is 2.08. The van der Waals surface area contributed by atoms with Gasteiger partial charge in [-0.2, -0.15) is 5.10 Å². The molecule has 0 atom stereocenters. The first-order valence-electron chi connectivity index (χ1n) is 7.05. The Balaban J connectivity index is 1.59. The molecule has 4 heteroatoms. The lowest BCUT2D eigenvalue weighted by Crippen LogP contribution is -2.11. The minimum Gasteiger partial charge on any atom is -0.308 e. The number of nitrogens with zero attached hydrogens (tertiary/aromatic N) is 2. The Hall–Kier alpha value is -1.91. The van der Waals surface area contributed by atoms with Gasteiger partial charge in [-0.1, -0.05) is 30.3 Å². The Bertz CT molecular complexity index is 713.